The predicted molar refractivity (Wildman–Crippen MR) is 150 cm³/mol. The van der Waals surface area contributed by atoms with E-state index in [1.807, 2.05) is 12.1 Å². The maximum atomic E-state index is 12.9. The van der Waals surface area contributed by atoms with E-state index in [0.29, 0.717) is 22.8 Å². The predicted octanol–water partition coefficient (Wildman–Crippen LogP) is 6.06. The first-order valence-corrected chi connectivity index (χ1v) is 14.8. The quantitative estimate of drug-likeness (QED) is 0.388. The molecule has 0 heterocycles. The molecule has 2 saturated carbocycles. The third kappa shape index (κ3) is 5.46. The van der Waals surface area contributed by atoms with E-state index in [1.54, 1.807) is 12.1 Å². The fourth-order valence-electron chi connectivity index (χ4n) is 5.82. The van der Waals surface area contributed by atoms with Gasteiger partial charge in [-0.25, -0.2) is 0 Å². The number of fused-ring (bicyclic) bond motifs is 1. The third-order valence-electron chi connectivity index (χ3n) is 7.90. The molecule has 0 aromatic heterocycles. The standard InChI is InChI=1S/C31H35ClNO2Si/c1-20(30(34)33-23-14-12-22(32)13-15-23)29-27-18-24(19-28(27)29)35-36(25-8-6-5-7-9-25)26-16-10-21(11-17-26)31(2,3)4/h5-17,20,24,27-29H,18-19H2,1-4H3,(H,33,34). The van der Waals surface area contributed by atoms with Gasteiger partial charge in [-0.15, -0.1) is 0 Å². The van der Waals surface area contributed by atoms with E-state index in [0.717, 1.165) is 18.5 Å². The van der Waals surface area contributed by atoms with Gasteiger partial charge in [0.25, 0.3) is 9.04 Å². The van der Waals surface area contributed by atoms with Crippen molar-refractivity contribution < 1.29 is 9.22 Å². The van der Waals surface area contributed by atoms with Crippen LogP contribution in [-0.4, -0.2) is 21.1 Å². The Labute approximate surface area is 222 Å². The van der Waals surface area contributed by atoms with Crippen LogP contribution in [0.3, 0.4) is 0 Å². The molecule has 0 saturated heterocycles. The highest BCUT2D eigenvalue weighted by Gasteiger charge is 2.59. The van der Waals surface area contributed by atoms with E-state index in [9.17, 15) is 4.79 Å². The summed E-state index contributed by atoms with van der Waals surface area (Å²) in [6.45, 7) is 8.82. The zero-order chi connectivity index (χ0) is 25.4. The summed E-state index contributed by atoms with van der Waals surface area (Å²) in [7, 11) is -1.33. The molecule has 1 N–H and O–H groups in total. The first-order chi connectivity index (χ1) is 17.2. The van der Waals surface area contributed by atoms with E-state index < -0.39 is 9.04 Å². The van der Waals surface area contributed by atoms with Crippen LogP contribution in [0.15, 0.2) is 78.9 Å². The lowest BCUT2D eigenvalue weighted by molar-refractivity contribution is -0.120. The van der Waals surface area contributed by atoms with Crippen molar-refractivity contribution in [3.05, 3.63) is 89.4 Å². The first kappa shape index (κ1) is 25.3. The maximum absolute atomic E-state index is 12.9. The van der Waals surface area contributed by atoms with Gasteiger partial charge in [-0.1, -0.05) is 93.9 Å². The number of carbonyl (C=O) groups excluding carboxylic acids is 1. The van der Waals surface area contributed by atoms with Crippen LogP contribution in [0.25, 0.3) is 0 Å². The van der Waals surface area contributed by atoms with E-state index in [4.69, 9.17) is 16.0 Å². The van der Waals surface area contributed by atoms with E-state index >= 15 is 0 Å². The highest BCUT2D eigenvalue weighted by molar-refractivity contribution is 6.80. The lowest BCUT2D eigenvalue weighted by Gasteiger charge is -2.25. The lowest BCUT2D eigenvalue weighted by atomic mass is 9.87. The molecule has 2 aliphatic carbocycles. The molecule has 36 heavy (non-hydrogen) atoms. The molecule has 0 aliphatic heterocycles. The van der Waals surface area contributed by atoms with Crippen molar-refractivity contribution in [1.29, 1.82) is 0 Å². The lowest BCUT2D eigenvalue weighted by Crippen LogP contribution is -2.47. The highest BCUT2D eigenvalue weighted by atomic mass is 35.5. The van der Waals surface area contributed by atoms with E-state index in [1.165, 1.54) is 15.9 Å². The summed E-state index contributed by atoms with van der Waals surface area (Å²) < 4.78 is 6.89. The minimum Gasteiger partial charge on any atom is -0.404 e. The van der Waals surface area contributed by atoms with Crippen molar-refractivity contribution in [1.82, 2.24) is 0 Å². The number of benzene rings is 3. The van der Waals surface area contributed by atoms with Gasteiger partial charge in [0.05, 0.1) is 0 Å². The molecule has 0 bridgehead atoms. The molecular weight excluding hydrogens is 482 g/mol. The Balaban J connectivity index is 1.22. The zero-order valence-corrected chi connectivity index (χ0v) is 23.3. The van der Waals surface area contributed by atoms with Crippen molar-refractivity contribution in [2.45, 2.75) is 52.1 Å². The van der Waals surface area contributed by atoms with Gasteiger partial charge in [-0.05, 0) is 76.2 Å². The fraction of sp³-hybridized carbons (Fsp3) is 0.387. The molecule has 3 aromatic rings. The minimum absolute atomic E-state index is 0.000436. The van der Waals surface area contributed by atoms with Gasteiger partial charge in [0.2, 0.25) is 5.91 Å². The Morgan fingerprint density at radius 1 is 0.917 bits per heavy atom. The van der Waals surface area contributed by atoms with Crippen LogP contribution in [0, 0.1) is 23.7 Å². The molecule has 1 amide bonds. The number of nitrogens with one attached hydrogen (secondary N) is 1. The number of carbonyl (C=O) groups is 1. The number of amides is 1. The van der Waals surface area contributed by atoms with Crippen LogP contribution in [0.1, 0.15) is 46.1 Å². The molecule has 5 rings (SSSR count). The van der Waals surface area contributed by atoms with Gasteiger partial charge < -0.3 is 9.74 Å². The van der Waals surface area contributed by atoms with E-state index in [-0.39, 0.29) is 23.3 Å². The number of halogens is 1. The molecule has 2 fully saturated rings. The molecule has 187 valence electrons. The summed E-state index contributed by atoms with van der Waals surface area (Å²) in [6.07, 6.45) is 2.36. The van der Waals surface area contributed by atoms with Crippen molar-refractivity contribution in [2.75, 3.05) is 5.32 Å². The summed E-state index contributed by atoms with van der Waals surface area (Å²) in [5.41, 5.74) is 2.28. The SMILES string of the molecule is CC(C(=O)Nc1ccc(Cl)cc1)C1C2CC(O[Si](c3ccccc3)c3ccc(C(C)(C)C)cc3)CC21. The van der Waals surface area contributed by atoms with Gasteiger partial charge in [0.1, 0.15) is 0 Å². The summed E-state index contributed by atoms with van der Waals surface area (Å²) in [5.74, 6) is 1.73. The number of hydrogen-bond donors (Lipinski definition) is 1. The highest BCUT2D eigenvalue weighted by Crippen LogP contribution is 2.61. The Kier molecular flexibility index (Phi) is 7.13. The van der Waals surface area contributed by atoms with Gasteiger partial charge in [-0.3, -0.25) is 4.79 Å². The second kappa shape index (κ2) is 10.2. The average molecular weight is 517 g/mol. The molecule has 2 aliphatic rings. The van der Waals surface area contributed by atoms with Crippen LogP contribution in [-0.2, 0) is 14.6 Å². The average Bonchev–Trinajstić information content (AvgIpc) is 3.37. The topological polar surface area (TPSA) is 38.3 Å². The Morgan fingerprint density at radius 2 is 1.50 bits per heavy atom. The molecule has 5 heteroatoms. The second-order valence-electron chi connectivity index (χ2n) is 11.4. The number of hydrogen-bond acceptors (Lipinski definition) is 2. The molecule has 1 radical (unpaired) electrons. The smallest absolute Gasteiger partial charge is 0.283 e. The summed E-state index contributed by atoms with van der Waals surface area (Å²) in [4.78, 5) is 12.9. The van der Waals surface area contributed by atoms with Crippen molar-refractivity contribution in [3.8, 4) is 0 Å². The monoisotopic (exact) mass is 516 g/mol. The largest absolute Gasteiger partial charge is 0.404 e. The van der Waals surface area contributed by atoms with E-state index in [2.05, 4.69) is 87.6 Å². The Morgan fingerprint density at radius 3 is 2.08 bits per heavy atom. The van der Waals surface area contributed by atoms with Crippen molar-refractivity contribution in [2.24, 2.45) is 23.7 Å². The summed E-state index contributed by atoms with van der Waals surface area (Å²) in [5, 5.41) is 6.32. The fourth-order valence-corrected chi connectivity index (χ4v) is 8.05. The summed E-state index contributed by atoms with van der Waals surface area (Å²) >= 11 is 5.97. The third-order valence-corrected chi connectivity index (χ3v) is 10.4. The van der Waals surface area contributed by atoms with Crippen LogP contribution in [0.5, 0.6) is 0 Å². The molecular formula is C31H35ClNO2Si. The Hall–Kier alpha value is -2.40. The number of anilines is 1. The van der Waals surface area contributed by atoms with Gasteiger partial charge in [0.15, 0.2) is 0 Å². The summed E-state index contributed by atoms with van der Waals surface area (Å²) in [6, 6.07) is 27.1. The maximum Gasteiger partial charge on any atom is 0.283 e. The second-order valence-corrected chi connectivity index (χ2v) is 13.9. The minimum atomic E-state index is -1.33. The van der Waals surface area contributed by atoms with Gasteiger partial charge in [-0.2, -0.15) is 0 Å². The Bertz CT molecular complexity index is 1180. The molecule has 3 atom stereocenters. The van der Waals surface area contributed by atoms with Crippen molar-refractivity contribution >= 4 is 42.6 Å². The van der Waals surface area contributed by atoms with Gasteiger partial charge in [0, 0.05) is 22.7 Å². The van der Waals surface area contributed by atoms with Gasteiger partial charge >= 0.3 is 0 Å². The zero-order valence-electron chi connectivity index (χ0n) is 21.5. The molecule has 3 aromatic carbocycles. The van der Waals surface area contributed by atoms with Crippen LogP contribution in [0.4, 0.5) is 5.69 Å². The van der Waals surface area contributed by atoms with Crippen molar-refractivity contribution in [3.63, 3.8) is 0 Å². The van der Waals surface area contributed by atoms with Crippen LogP contribution >= 0.6 is 11.6 Å². The molecule has 0 spiro atoms. The number of rotatable bonds is 7. The van der Waals surface area contributed by atoms with Crippen LogP contribution in [0.2, 0.25) is 5.02 Å². The first-order valence-electron chi connectivity index (χ1n) is 13.0. The normalized spacial score (nSPS) is 23.8. The molecule has 3 nitrogen and oxygen atoms in total. The molecule has 3 unspecified atom stereocenters. The van der Waals surface area contributed by atoms with Crippen LogP contribution < -0.4 is 15.7 Å².